The van der Waals surface area contributed by atoms with Gasteiger partial charge in [-0.05, 0) is 13.0 Å². The molecule has 0 aromatic heterocycles. The maximum atomic E-state index is 11.8. The number of nitro benzene ring substituents is 1. The molecular weight excluding hydrogens is 252 g/mol. The van der Waals surface area contributed by atoms with E-state index in [-0.39, 0.29) is 29.4 Å². The summed E-state index contributed by atoms with van der Waals surface area (Å²) in [4.78, 5) is 32.9. The second-order valence-corrected chi connectivity index (χ2v) is 3.66. The minimum Gasteiger partial charge on any atom is -0.398 e. The van der Waals surface area contributed by atoms with Crippen molar-refractivity contribution in [2.24, 2.45) is 0 Å². The van der Waals surface area contributed by atoms with Gasteiger partial charge < -0.3 is 16.4 Å². The summed E-state index contributed by atoms with van der Waals surface area (Å²) in [6.45, 7) is 1.99. The number of carbonyl (C=O) groups excluding carboxylic acids is 2. The molecule has 102 valence electrons. The molecule has 0 atom stereocenters. The Morgan fingerprint density at radius 2 is 2.05 bits per heavy atom. The van der Waals surface area contributed by atoms with Gasteiger partial charge in [0.1, 0.15) is 0 Å². The molecule has 0 aliphatic heterocycles. The average Bonchev–Trinajstić information content (AvgIpc) is 2.36. The summed E-state index contributed by atoms with van der Waals surface area (Å²) in [6.07, 6.45) is 0. The van der Waals surface area contributed by atoms with Crippen LogP contribution >= 0.6 is 0 Å². The van der Waals surface area contributed by atoms with Crippen LogP contribution in [0.25, 0.3) is 0 Å². The number of nitrogen functional groups attached to an aromatic ring is 1. The molecule has 0 aliphatic carbocycles. The molecule has 8 heteroatoms. The molecule has 19 heavy (non-hydrogen) atoms. The number of hydrogen-bond acceptors (Lipinski definition) is 5. The van der Waals surface area contributed by atoms with Gasteiger partial charge in [-0.15, -0.1) is 0 Å². The van der Waals surface area contributed by atoms with E-state index in [2.05, 4.69) is 10.6 Å². The molecule has 0 spiro atoms. The van der Waals surface area contributed by atoms with E-state index in [1.807, 2.05) is 0 Å². The van der Waals surface area contributed by atoms with E-state index in [4.69, 9.17) is 5.73 Å². The number of nitrogens with two attached hydrogens (primary N) is 1. The number of hydrogen-bond donors (Lipinski definition) is 3. The van der Waals surface area contributed by atoms with Crippen LogP contribution in [0.3, 0.4) is 0 Å². The molecular formula is C11H14N4O4. The zero-order valence-corrected chi connectivity index (χ0v) is 10.3. The van der Waals surface area contributed by atoms with Crippen molar-refractivity contribution < 1.29 is 14.5 Å². The van der Waals surface area contributed by atoms with E-state index in [0.717, 1.165) is 6.07 Å². The Balaban J connectivity index is 2.79. The lowest BCUT2D eigenvalue weighted by Gasteiger charge is -2.07. The summed E-state index contributed by atoms with van der Waals surface area (Å²) in [5, 5.41) is 15.4. The minimum absolute atomic E-state index is 0.0292. The second kappa shape index (κ2) is 6.34. The first-order chi connectivity index (χ1) is 8.95. The molecule has 0 bridgehead atoms. The summed E-state index contributed by atoms with van der Waals surface area (Å²) in [7, 11) is 0. The Morgan fingerprint density at radius 1 is 1.37 bits per heavy atom. The van der Waals surface area contributed by atoms with Crippen LogP contribution in [-0.4, -0.2) is 29.8 Å². The highest BCUT2D eigenvalue weighted by atomic mass is 16.6. The van der Waals surface area contributed by atoms with Crippen LogP contribution in [0.4, 0.5) is 11.4 Å². The first-order valence-electron chi connectivity index (χ1n) is 5.54. The van der Waals surface area contributed by atoms with Crippen molar-refractivity contribution in [3.63, 3.8) is 0 Å². The van der Waals surface area contributed by atoms with Crippen LogP contribution < -0.4 is 16.4 Å². The molecule has 0 radical (unpaired) electrons. The number of anilines is 1. The number of non-ortho nitro benzene ring substituents is 1. The lowest BCUT2D eigenvalue weighted by atomic mass is 10.1. The van der Waals surface area contributed by atoms with Gasteiger partial charge in [-0.25, -0.2) is 0 Å². The third kappa shape index (κ3) is 3.95. The van der Waals surface area contributed by atoms with Crippen molar-refractivity contribution >= 4 is 23.2 Å². The zero-order valence-electron chi connectivity index (χ0n) is 10.3. The van der Waals surface area contributed by atoms with Gasteiger partial charge in [0, 0.05) is 24.4 Å². The van der Waals surface area contributed by atoms with Crippen LogP contribution in [0.2, 0.25) is 0 Å². The standard InChI is InChI=1S/C11H14N4O4/c1-2-13-10(16)6-14-11(17)8-5-7(15(18)19)3-4-9(8)12/h3-5H,2,6,12H2,1H3,(H,13,16)(H,14,17). The molecule has 0 fully saturated rings. The van der Waals surface area contributed by atoms with E-state index >= 15 is 0 Å². The number of rotatable bonds is 5. The molecule has 1 aromatic carbocycles. The number of nitro groups is 1. The maximum Gasteiger partial charge on any atom is 0.270 e. The summed E-state index contributed by atoms with van der Waals surface area (Å²) in [6, 6.07) is 3.55. The topological polar surface area (TPSA) is 127 Å². The lowest BCUT2D eigenvalue weighted by molar-refractivity contribution is -0.384. The quantitative estimate of drug-likeness (QED) is 0.394. The fourth-order valence-electron chi connectivity index (χ4n) is 1.37. The molecule has 2 amide bonds. The number of nitrogens with one attached hydrogen (secondary N) is 2. The summed E-state index contributed by atoms with van der Waals surface area (Å²) in [5.74, 6) is -0.979. The Hall–Kier alpha value is -2.64. The summed E-state index contributed by atoms with van der Waals surface area (Å²) < 4.78 is 0. The number of benzene rings is 1. The fourth-order valence-corrected chi connectivity index (χ4v) is 1.37. The van der Waals surface area contributed by atoms with Gasteiger partial charge in [0.15, 0.2) is 0 Å². The Labute approximate surface area is 109 Å². The maximum absolute atomic E-state index is 11.8. The van der Waals surface area contributed by atoms with Crippen LogP contribution in [-0.2, 0) is 4.79 Å². The van der Waals surface area contributed by atoms with Crippen LogP contribution in [0, 0.1) is 10.1 Å². The minimum atomic E-state index is -0.632. The SMILES string of the molecule is CCNC(=O)CNC(=O)c1cc([N+](=O)[O-])ccc1N. The van der Waals surface area contributed by atoms with Crippen molar-refractivity contribution in [3.05, 3.63) is 33.9 Å². The van der Waals surface area contributed by atoms with E-state index in [1.165, 1.54) is 12.1 Å². The van der Waals surface area contributed by atoms with Crippen LogP contribution in [0.1, 0.15) is 17.3 Å². The van der Waals surface area contributed by atoms with Crippen molar-refractivity contribution in [1.29, 1.82) is 0 Å². The van der Waals surface area contributed by atoms with Crippen molar-refractivity contribution in [1.82, 2.24) is 10.6 Å². The van der Waals surface area contributed by atoms with Crippen LogP contribution in [0.15, 0.2) is 18.2 Å². The third-order valence-corrected chi connectivity index (χ3v) is 2.28. The first kappa shape index (κ1) is 14.4. The molecule has 0 unspecified atom stereocenters. The predicted molar refractivity (Wildman–Crippen MR) is 68.5 cm³/mol. The summed E-state index contributed by atoms with van der Waals surface area (Å²) in [5.41, 5.74) is 5.41. The van der Waals surface area contributed by atoms with Crippen molar-refractivity contribution in [3.8, 4) is 0 Å². The molecule has 1 aromatic rings. The molecule has 0 saturated heterocycles. The van der Waals surface area contributed by atoms with E-state index in [0.29, 0.717) is 6.54 Å². The van der Waals surface area contributed by atoms with Gasteiger partial charge >= 0.3 is 0 Å². The van der Waals surface area contributed by atoms with Gasteiger partial charge in [0.05, 0.1) is 17.0 Å². The van der Waals surface area contributed by atoms with E-state index in [9.17, 15) is 19.7 Å². The number of carbonyl (C=O) groups is 2. The number of nitrogens with zero attached hydrogens (tertiary/aromatic N) is 1. The zero-order chi connectivity index (χ0) is 14.4. The monoisotopic (exact) mass is 266 g/mol. The van der Waals surface area contributed by atoms with Crippen LogP contribution in [0.5, 0.6) is 0 Å². The lowest BCUT2D eigenvalue weighted by Crippen LogP contribution is -2.37. The van der Waals surface area contributed by atoms with Crippen molar-refractivity contribution in [2.45, 2.75) is 6.92 Å². The van der Waals surface area contributed by atoms with Gasteiger partial charge in [0.25, 0.3) is 11.6 Å². The predicted octanol–water partition coefficient (Wildman–Crippen LogP) is 0.0429. The highest BCUT2D eigenvalue weighted by molar-refractivity contribution is 6.01. The molecule has 0 saturated carbocycles. The normalized spacial score (nSPS) is 9.74. The average molecular weight is 266 g/mol. The van der Waals surface area contributed by atoms with Gasteiger partial charge in [-0.3, -0.25) is 19.7 Å². The third-order valence-electron chi connectivity index (χ3n) is 2.28. The molecule has 8 nitrogen and oxygen atoms in total. The summed E-state index contributed by atoms with van der Waals surface area (Å²) >= 11 is 0. The Bertz CT molecular complexity index is 515. The van der Waals surface area contributed by atoms with Gasteiger partial charge in [0.2, 0.25) is 5.91 Å². The van der Waals surface area contributed by atoms with Crippen molar-refractivity contribution in [2.75, 3.05) is 18.8 Å². The molecule has 1 rings (SSSR count). The van der Waals surface area contributed by atoms with Gasteiger partial charge in [-0.2, -0.15) is 0 Å². The molecule has 0 heterocycles. The number of likely N-dealkylation sites (N-methyl/N-ethyl adjacent to an activating group) is 1. The van der Waals surface area contributed by atoms with Gasteiger partial charge in [-0.1, -0.05) is 0 Å². The largest absolute Gasteiger partial charge is 0.398 e. The van der Waals surface area contributed by atoms with E-state index in [1.54, 1.807) is 6.92 Å². The molecule has 0 aliphatic rings. The smallest absolute Gasteiger partial charge is 0.270 e. The fraction of sp³-hybridized carbons (Fsp3) is 0.273. The molecule has 4 N–H and O–H groups in total. The highest BCUT2D eigenvalue weighted by Gasteiger charge is 2.15. The second-order valence-electron chi connectivity index (χ2n) is 3.66. The Morgan fingerprint density at radius 3 is 2.63 bits per heavy atom. The highest BCUT2D eigenvalue weighted by Crippen LogP contribution is 2.19. The first-order valence-corrected chi connectivity index (χ1v) is 5.54. The Kier molecular flexibility index (Phi) is 4.81. The number of amides is 2. The van der Waals surface area contributed by atoms with E-state index < -0.39 is 10.8 Å².